The molecule has 0 saturated carbocycles. The van der Waals surface area contributed by atoms with Crippen molar-refractivity contribution >= 4 is 11.6 Å². The van der Waals surface area contributed by atoms with Gasteiger partial charge < -0.3 is 10.2 Å². The van der Waals surface area contributed by atoms with E-state index in [-0.39, 0.29) is 17.8 Å². The van der Waals surface area contributed by atoms with Crippen molar-refractivity contribution in [1.82, 2.24) is 20.3 Å². The maximum absolute atomic E-state index is 14.2. The van der Waals surface area contributed by atoms with Crippen LogP contribution in [0, 0.1) is 19.7 Å². The Balaban J connectivity index is 1.70. The number of carbonyl (C=O) groups excluding carboxylic acids is 1. The van der Waals surface area contributed by atoms with E-state index in [4.69, 9.17) is 0 Å². The first-order valence-electron chi connectivity index (χ1n) is 8.71. The average Bonchev–Trinajstić information content (AvgIpc) is 2.98. The molecule has 134 valence electrons. The van der Waals surface area contributed by atoms with Crippen LogP contribution in [0.3, 0.4) is 0 Å². The monoisotopic (exact) mass is 345 g/mol. The van der Waals surface area contributed by atoms with E-state index in [0.717, 1.165) is 24.9 Å². The van der Waals surface area contributed by atoms with Crippen molar-refractivity contribution < 1.29 is 9.18 Å². The molecule has 1 unspecified atom stereocenters. The topological polar surface area (TPSA) is 63.1 Å². The van der Waals surface area contributed by atoms with Crippen LogP contribution in [0.4, 0.5) is 10.1 Å². The minimum atomic E-state index is -0.223. The minimum Gasteiger partial charge on any atom is -0.367 e. The second-order valence-corrected chi connectivity index (χ2v) is 6.54. The SMILES string of the molecule is CCn1nc(C)c(C(=O)NC2CCCN(c3cc(C)ccc3F)C2)n1. The lowest BCUT2D eigenvalue weighted by Gasteiger charge is -2.35. The molecule has 1 N–H and O–H groups in total. The molecule has 1 saturated heterocycles. The van der Waals surface area contributed by atoms with E-state index in [0.29, 0.717) is 30.2 Å². The van der Waals surface area contributed by atoms with Crippen LogP contribution < -0.4 is 10.2 Å². The maximum atomic E-state index is 14.2. The van der Waals surface area contributed by atoms with Gasteiger partial charge in [0.25, 0.3) is 5.91 Å². The first-order chi connectivity index (χ1) is 12.0. The Kier molecular flexibility index (Phi) is 5.01. The third kappa shape index (κ3) is 3.81. The molecule has 3 rings (SSSR count). The summed E-state index contributed by atoms with van der Waals surface area (Å²) in [4.78, 5) is 16.0. The van der Waals surface area contributed by atoms with Crippen LogP contribution >= 0.6 is 0 Å². The maximum Gasteiger partial charge on any atom is 0.274 e. The van der Waals surface area contributed by atoms with Crippen molar-refractivity contribution in [3.63, 3.8) is 0 Å². The number of amides is 1. The van der Waals surface area contributed by atoms with Gasteiger partial charge in [0, 0.05) is 19.1 Å². The van der Waals surface area contributed by atoms with Gasteiger partial charge in [0.2, 0.25) is 0 Å². The van der Waals surface area contributed by atoms with Gasteiger partial charge in [0.15, 0.2) is 5.69 Å². The highest BCUT2D eigenvalue weighted by atomic mass is 19.1. The van der Waals surface area contributed by atoms with Gasteiger partial charge in [-0.3, -0.25) is 4.79 Å². The molecule has 1 aromatic heterocycles. The van der Waals surface area contributed by atoms with Crippen LogP contribution in [-0.2, 0) is 6.54 Å². The molecule has 0 spiro atoms. The van der Waals surface area contributed by atoms with Crippen molar-refractivity contribution in [1.29, 1.82) is 0 Å². The van der Waals surface area contributed by atoms with Gasteiger partial charge in [-0.15, -0.1) is 5.10 Å². The summed E-state index contributed by atoms with van der Waals surface area (Å²) in [6, 6.07) is 5.09. The molecule has 0 bridgehead atoms. The molecule has 2 aromatic rings. The molecule has 6 nitrogen and oxygen atoms in total. The summed E-state index contributed by atoms with van der Waals surface area (Å²) >= 11 is 0. The second-order valence-electron chi connectivity index (χ2n) is 6.54. The van der Waals surface area contributed by atoms with Gasteiger partial charge >= 0.3 is 0 Å². The Labute approximate surface area is 147 Å². The number of carbonyl (C=O) groups is 1. The predicted molar refractivity (Wildman–Crippen MR) is 94.3 cm³/mol. The van der Waals surface area contributed by atoms with Gasteiger partial charge in [0.05, 0.1) is 17.9 Å². The van der Waals surface area contributed by atoms with Crippen molar-refractivity contribution in [2.45, 2.75) is 46.2 Å². The lowest BCUT2D eigenvalue weighted by atomic mass is 10.0. The molecule has 1 aromatic carbocycles. The molecular weight excluding hydrogens is 321 g/mol. The largest absolute Gasteiger partial charge is 0.367 e. The van der Waals surface area contributed by atoms with Crippen molar-refractivity contribution in [3.8, 4) is 0 Å². The lowest BCUT2D eigenvalue weighted by Crippen LogP contribution is -2.48. The molecule has 1 amide bonds. The average molecular weight is 345 g/mol. The molecular formula is C18H24FN5O. The third-order valence-electron chi connectivity index (χ3n) is 4.52. The van der Waals surface area contributed by atoms with Gasteiger partial charge in [-0.25, -0.2) is 4.39 Å². The minimum absolute atomic E-state index is 0.0349. The summed E-state index contributed by atoms with van der Waals surface area (Å²) in [5, 5.41) is 11.5. The van der Waals surface area contributed by atoms with Crippen LogP contribution in [0.5, 0.6) is 0 Å². The summed E-state index contributed by atoms with van der Waals surface area (Å²) in [5.41, 5.74) is 2.61. The van der Waals surface area contributed by atoms with E-state index in [1.807, 2.05) is 24.8 Å². The fourth-order valence-corrected chi connectivity index (χ4v) is 3.21. The summed E-state index contributed by atoms with van der Waals surface area (Å²) in [7, 11) is 0. The van der Waals surface area contributed by atoms with E-state index in [1.54, 1.807) is 13.0 Å². The van der Waals surface area contributed by atoms with Crippen molar-refractivity contribution in [2.75, 3.05) is 18.0 Å². The van der Waals surface area contributed by atoms with Gasteiger partial charge in [-0.1, -0.05) is 6.07 Å². The molecule has 0 aliphatic carbocycles. The molecule has 0 radical (unpaired) electrons. The number of aryl methyl sites for hydroxylation is 3. The van der Waals surface area contributed by atoms with E-state index in [9.17, 15) is 9.18 Å². The van der Waals surface area contributed by atoms with E-state index in [1.165, 1.54) is 10.9 Å². The number of rotatable bonds is 4. The van der Waals surface area contributed by atoms with Gasteiger partial charge in [-0.05, 0) is 51.3 Å². The summed E-state index contributed by atoms with van der Waals surface area (Å²) < 4.78 is 14.2. The normalized spacial score (nSPS) is 17.6. The Hall–Kier alpha value is -2.44. The third-order valence-corrected chi connectivity index (χ3v) is 4.52. The summed E-state index contributed by atoms with van der Waals surface area (Å²) in [6.45, 7) is 7.66. The highest BCUT2D eigenvalue weighted by Crippen LogP contribution is 2.24. The number of anilines is 1. The Morgan fingerprint density at radius 1 is 1.36 bits per heavy atom. The van der Waals surface area contributed by atoms with Gasteiger partial charge in [-0.2, -0.15) is 9.90 Å². The van der Waals surface area contributed by atoms with E-state index in [2.05, 4.69) is 15.5 Å². The Bertz CT molecular complexity index is 773. The van der Waals surface area contributed by atoms with Crippen LogP contribution in [0.1, 0.15) is 41.5 Å². The first-order valence-corrected chi connectivity index (χ1v) is 8.71. The van der Waals surface area contributed by atoms with Gasteiger partial charge in [0.1, 0.15) is 5.82 Å². The first kappa shape index (κ1) is 17.4. The number of hydrogen-bond acceptors (Lipinski definition) is 4. The highest BCUT2D eigenvalue weighted by molar-refractivity contribution is 5.93. The molecule has 25 heavy (non-hydrogen) atoms. The summed E-state index contributed by atoms with van der Waals surface area (Å²) in [6.07, 6.45) is 1.77. The number of piperidine rings is 1. The number of halogens is 1. The highest BCUT2D eigenvalue weighted by Gasteiger charge is 2.25. The molecule has 1 aliphatic heterocycles. The smallest absolute Gasteiger partial charge is 0.274 e. The van der Waals surface area contributed by atoms with Crippen LogP contribution in [0.2, 0.25) is 0 Å². The summed E-state index contributed by atoms with van der Waals surface area (Å²) in [5.74, 6) is -0.437. The molecule has 1 aliphatic rings. The fraction of sp³-hybridized carbons (Fsp3) is 0.500. The lowest BCUT2D eigenvalue weighted by molar-refractivity contribution is 0.0926. The molecule has 1 atom stereocenters. The molecule has 2 heterocycles. The molecule has 7 heteroatoms. The van der Waals surface area contributed by atoms with Crippen LogP contribution in [0.25, 0.3) is 0 Å². The van der Waals surface area contributed by atoms with E-state index >= 15 is 0 Å². The number of nitrogens with one attached hydrogen (secondary N) is 1. The van der Waals surface area contributed by atoms with Crippen LogP contribution in [-0.4, -0.2) is 40.0 Å². The fourth-order valence-electron chi connectivity index (χ4n) is 3.21. The Morgan fingerprint density at radius 2 is 2.16 bits per heavy atom. The zero-order chi connectivity index (χ0) is 18.0. The number of nitrogens with zero attached hydrogens (tertiary/aromatic N) is 4. The standard InChI is InChI=1S/C18H24FN5O/c1-4-24-21-13(3)17(22-24)18(25)20-14-6-5-9-23(11-14)16-10-12(2)7-8-15(16)19/h7-8,10,14H,4-6,9,11H2,1-3H3,(H,20,25). The number of aromatic nitrogens is 3. The molecule has 1 fully saturated rings. The predicted octanol–water partition coefficient (Wildman–Crippen LogP) is 2.45. The quantitative estimate of drug-likeness (QED) is 0.925. The second kappa shape index (κ2) is 7.21. The van der Waals surface area contributed by atoms with Crippen molar-refractivity contribution in [3.05, 3.63) is 41.0 Å². The number of benzene rings is 1. The zero-order valence-corrected chi connectivity index (χ0v) is 14.9. The van der Waals surface area contributed by atoms with Crippen molar-refractivity contribution in [2.24, 2.45) is 0 Å². The zero-order valence-electron chi connectivity index (χ0n) is 14.9. The van der Waals surface area contributed by atoms with Crippen LogP contribution in [0.15, 0.2) is 18.2 Å². The number of hydrogen-bond donors (Lipinski definition) is 1. The Morgan fingerprint density at radius 3 is 2.88 bits per heavy atom. The van der Waals surface area contributed by atoms with E-state index < -0.39 is 0 Å².